The van der Waals surface area contributed by atoms with E-state index in [-0.39, 0.29) is 5.78 Å². The molecule has 2 unspecified atom stereocenters. The van der Waals surface area contributed by atoms with Crippen LogP contribution in [-0.2, 0) is 6.42 Å². The normalized spacial score (nSPS) is 28.3. The molecule has 1 saturated heterocycles. The van der Waals surface area contributed by atoms with Crippen LogP contribution in [0.25, 0.3) is 0 Å². The molecule has 1 fully saturated rings. The summed E-state index contributed by atoms with van der Waals surface area (Å²) < 4.78 is 0. The van der Waals surface area contributed by atoms with Crippen molar-refractivity contribution >= 4 is 34.0 Å². The Morgan fingerprint density at radius 1 is 1.33 bits per heavy atom. The Bertz CT molecular complexity index is 472. The van der Waals surface area contributed by atoms with Crippen molar-refractivity contribution in [2.45, 2.75) is 44.4 Å². The molecule has 2 heterocycles. The van der Waals surface area contributed by atoms with Crippen molar-refractivity contribution in [2.75, 3.05) is 17.2 Å². The molecular weight excluding hydrogens is 264 g/mol. The third kappa shape index (κ3) is 2.07. The lowest BCUT2D eigenvalue weighted by Gasteiger charge is -2.37. The number of nitrogens with zero attached hydrogens (tertiary/aromatic N) is 2. The molecular formula is C13H18N2OS2. The standard InChI is InChI=1S/C13H18N2OS2/c1-8-9(2)17-7-6-15(8)13-14-12-10(16)4-3-5-11(12)18-13/h8-9H,3-7H2,1-2H3. The van der Waals surface area contributed by atoms with Crippen molar-refractivity contribution in [1.29, 1.82) is 0 Å². The van der Waals surface area contributed by atoms with Crippen molar-refractivity contribution in [3.05, 3.63) is 10.6 Å². The number of thiazole rings is 1. The maximum absolute atomic E-state index is 11.8. The van der Waals surface area contributed by atoms with Crippen LogP contribution in [0.5, 0.6) is 0 Å². The van der Waals surface area contributed by atoms with Gasteiger partial charge in [-0.25, -0.2) is 4.98 Å². The Labute approximate surface area is 116 Å². The Kier molecular flexibility index (Phi) is 3.36. The van der Waals surface area contributed by atoms with Crippen LogP contribution in [0.15, 0.2) is 0 Å². The summed E-state index contributed by atoms with van der Waals surface area (Å²) in [4.78, 5) is 20.1. The molecule has 18 heavy (non-hydrogen) atoms. The largest absolute Gasteiger partial charge is 0.343 e. The fourth-order valence-electron chi connectivity index (χ4n) is 2.58. The number of anilines is 1. The lowest BCUT2D eigenvalue weighted by Crippen LogP contribution is -2.44. The van der Waals surface area contributed by atoms with E-state index < -0.39 is 0 Å². The molecule has 0 bridgehead atoms. The van der Waals surface area contributed by atoms with Gasteiger partial charge in [0.2, 0.25) is 0 Å². The number of aryl methyl sites for hydroxylation is 1. The lowest BCUT2D eigenvalue weighted by molar-refractivity contribution is 0.0968. The van der Waals surface area contributed by atoms with Gasteiger partial charge in [0.1, 0.15) is 5.69 Å². The van der Waals surface area contributed by atoms with Gasteiger partial charge in [0.15, 0.2) is 10.9 Å². The molecule has 0 amide bonds. The van der Waals surface area contributed by atoms with Gasteiger partial charge in [0.05, 0.1) is 0 Å². The highest BCUT2D eigenvalue weighted by Crippen LogP contribution is 2.35. The van der Waals surface area contributed by atoms with Gasteiger partial charge >= 0.3 is 0 Å². The molecule has 0 N–H and O–H groups in total. The number of rotatable bonds is 1. The van der Waals surface area contributed by atoms with E-state index in [0.29, 0.717) is 17.7 Å². The number of thioether (sulfide) groups is 1. The molecule has 3 rings (SSSR count). The van der Waals surface area contributed by atoms with Gasteiger partial charge in [-0.2, -0.15) is 11.8 Å². The Morgan fingerprint density at radius 2 is 2.17 bits per heavy atom. The van der Waals surface area contributed by atoms with E-state index in [1.165, 1.54) is 4.88 Å². The Morgan fingerprint density at radius 3 is 2.94 bits per heavy atom. The molecule has 98 valence electrons. The average Bonchev–Trinajstić information content (AvgIpc) is 2.78. The molecule has 2 aliphatic rings. The van der Waals surface area contributed by atoms with Gasteiger partial charge in [-0.05, 0) is 19.8 Å². The highest BCUT2D eigenvalue weighted by atomic mass is 32.2. The van der Waals surface area contributed by atoms with E-state index in [2.05, 4.69) is 23.7 Å². The van der Waals surface area contributed by atoms with E-state index in [0.717, 1.165) is 36.0 Å². The van der Waals surface area contributed by atoms with Crippen LogP contribution in [-0.4, -0.2) is 34.4 Å². The SMILES string of the molecule is CC1SCCN(c2nc3c(s2)CCCC3=O)C1C. The number of carbonyl (C=O) groups excluding carboxylic acids is 1. The van der Waals surface area contributed by atoms with Crippen molar-refractivity contribution in [2.24, 2.45) is 0 Å². The van der Waals surface area contributed by atoms with Crippen LogP contribution in [0.3, 0.4) is 0 Å². The zero-order chi connectivity index (χ0) is 12.7. The van der Waals surface area contributed by atoms with Crippen molar-refractivity contribution in [1.82, 2.24) is 4.98 Å². The second kappa shape index (κ2) is 4.85. The second-order valence-corrected chi connectivity index (χ2v) is 7.60. The van der Waals surface area contributed by atoms with Crippen molar-refractivity contribution in [3.63, 3.8) is 0 Å². The summed E-state index contributed by atoms with van der Waals surface area (Å²) in [6, 6.07) is 0.506. The minimum atomic E-state index is 0.242. The fourth-order valence-corrected chi connectivity index (χ4v) is 4.91. The summed E-state index contributed by atoms with van der Waals surface area (Å²) in [6.07, 6.45) is 2.71. The average molecular weight is 282 g/mol. The summed E-state index contributed by atoms with van der Waals surface area (Å²) >= 11 is 3.76. The minimum Gasteiger partial charge on any atom is -0.343 e. The maximum atomic E-state index is 11.8. The topological polar surface area (TPSA) is 33.2 Å². The molecule has 0 radical (unpaired) electrons. The molecule has 0 spiro atoms. The molecule has 1 aliphatic carbocycles. The van der Waals surface area contributed by atoms with Gasteiger partial charge in [-0.3, -0.25) is 4.79 Å². The molecule has 0 saturated carbocycles. The van der Waals surface area contributed by atoms with Crippen LogP contribution in [0.4, 0.5) is 5.13 Å². The summed E-state index contributed by atoms with van der Waals surface area (Å²) in [7, 11) is 0. The molecule has 3 nitrogen and oxygen atoms in total. The van der Waals surface area contributed by atoms with Crippen molar-refractivity contribution < 1.29 is 4.79 Å². The van der Waals surface area contributed by atoms with E-state index in [9.17, 15) is 4.79 Å². The predicted octanol–water partition coefficient (Wildman–Crippen LogP) is 2.99. The van der Waals surface area contributed by atoms with Gasteiger partial charge in [-0.15, -0.1) is 11.3 Å². The molecule has 1 aliphatic heterocycles. The first kappa shape index (κ1) is 12.5. The summed E-state index contributed by atoms with van der Waals surface area (Å²) in [5.41, 5.74) is 0.763. The summed E-state index contributed by atoms with van der Waals surface area (Å²) in [5, 5.41) is 1.70. The molecule has 2 atom stereocenters. The van der Waals surface area contributed by atoms with E-state index in [4.69, 9.17) is 0 Å². The molecule has 1 aromatic rings. The molecule has 1 aromatic heterocycles. The highest BCUT2D eigenvalue weighted by Gasteiger charge is 2.30. The Hall–Kier alpha value is -0.550. The second-order valence-electron chi connectivity index (χ2n) is 5.05. The van der Waals surface area contributed by atoms with Gasteiger partial charge in [-0.1, -0.05) is 6.92 Å². The predicted molar refractivity (Wildman–Crippen MR) is 78.1 cm³/mol. The maximum Gasteiger partial charge on any atom is 0.186 e. The summed E-state index contributed by atoms with van der Waals surface area (Å²) in [6.45, 7) is 5.59. The van der Waals surface area contributed by atoms with Crippen LogP contribution in [0, 0.1) is 0 Å². The van der Waals surface area contributed by atoms with E-state index in [1.807, 2.05) is 11.8 Å². The third-order valence-corrected chi connectivity index (χ3v) is 6.38. The van der Waals surface area contributed by atoms with Crippen LogP contribution < -0.4 is 4.90 Å². The molecule has 0 aromatic carbocycles. The van der Waals surface area contributed by atoms with Gasteiger partial charge in [0.25, 0.3) is 0 Å². The minimum absolute atomic E-state index is 0.242. The van der Waals surface area contributed by atoms with E-state index >= 15 is 0 Å². The van der Waals surface area contributed by atoms with Crippen LogP contribution in [0.1, 0.15) is 42.1 Å². The number of carbonyl (C=O) groups is 1. The molecule has 5 heteroatoms. The highest BCUT2D eigenvalue weighted by molar-refractivity contribution is 8.00. The Balaban J connectivity index is 1.90. The van der Waals surface area contributed by atoms with E-state index in [1.54, 1.807) is 11.3 Å². The zero-order valence-electron chi connectivity index (χ0n) is 10.8. The van der Waals surface area contributed by atoms with Gasteiger partial charge in [0, 0.05) is 34.9 Å². The van der Waals surface area contributed by atoms with Gasteiger partial charge < -0.3 is 4.90 Å². The number of fused-ring (bicyclic) bond motifs is 1. The third-order valence-electron chi connectivity index (χ3n) is 3.89. The number of hydrogen-bond acceptors (Lipinski definition) is 5. The fraction of sp³-hybridized carbons (Fsp3) is 0.692. The monoisotopic (exact) mass is 282 g/mol. The van der Waals surface area contributed by atoms with Crippen molar-refractivity contribution in [3.8, 4) is 0 Å². The quantitative estimate of drug-likeness (QED) is 0.793. The number of ketones is 1. The zero-order valence-corrected chi connectivity index (χ0v) is 12.4. The first-order valence-corrected chi connectivity index (χ1v) is 8.44. The number of aromatic nitrogens is 1. The van der Waals surface area contributed by atoms with Crippen LogP contribution in [0.2, 0.25) is 0 Å². The summed E-state index contributed by atoms with van der Waals surface area (Å²) in [5.74, 6) is 1.40. The number of Topliss-reactive ketones (excluding diaryl/α,β-unsaturated/α-hetero) is 1. The smallest absolute Gasteiger partial charge is 0.186 e. The first-order chi connectivity index (χ1) is 8.66. The lowest BCUT2D eigenvalue weighted by atomic mass is 10.0. The van der Waals surface area contributed by atoms with Crippen LogP contribution >= 0.6 is 23.1 Å². The first-order valence-electron chi connectivity index (χ1n) is 6.58. The number of hydrogen-bond donors (Lipinski definition) is 0.